The summed E-state index contributed by atoms with van der Waals surface area (Å²) in [6, 6.07) is 12.9. The zero-order valence-corrected chi connectivity index (χ0v) is 16.5. The molecule has 1 aliphatic rings. The molecule has 1 fully saturated rings. The van der Waals surface area contributed by atoms with Gasteiger partial charge < -0.3 is 14.1 Å². The maximum atomic E-state index is 6.08. The third-order valence-corrected chi connectivity index (χ3v) is 5.58. The number of rotatable bonds is 5. The summed E-state index contributed by atoms with van der Waals surface area (Å²) >= 11 is 0. The highest BCUT2D eigenvalue weighted by Crippen LogP contribution is 2.34. The summed E-state index contributed by atoms with van der Waals surface area (Å²) in [5, 5.41) is 2.17. The maximum Gasteiger partial charge on any atom is 0.227 e. The molecule has 1 aromatic heterocycles. The molecule has 0 spiro atoms. The summed E-state index contributed by atoms with van der Waals surface area (Å²) in [5.74, 6) is 2.45. The van der Waals surface area contributed by atoms with Crippen LogP contribution in [0.15, 0.2) is 40.8 Å². The molecule has 2 aromatic carbocycles. The molecule has 0 aliphatic carbocycles. The third kappa shape index (κ3) is 3.45. The molecular formula is C22H27N3O2. The summed E-state index contributed by atoms with van der Waals surface area (Å²) in [7, 11) is 6.01. The van der Waals surface area contributed by atoms with Crippen molar-refractivity contribution in [2.45, 2.75) is 25.9 Å². The lowest BCUT2D eigenvalue weighted by Gasteiger charge is -2.19. The highest BCUT2D eigenvalue weighted by molar-refractivity contribution is 5.98. The van der Waals surface area contributed by atoms with E-state index >= 15 is 0 Å². The van der Waals surface area contributed by atoms with E-state index in [0.717, 1.165) is 53.2 Å². The van der Waals surface area contributed by atoms with Crippen LogP contribution in [0.3, 0.4) is 0 Å². The molecule has 5 nitrogen and oxygen atoms in total. The van der Waals surface area contributed by atoms with Crippen LogP contribution in [0.5, 0.6) is 5.75 Å². The lowest BCUT2D eigenvalue weighted by atomic mass is 10.0. The van der Waals surface area contributed by atoms with E-state index in [1.807, 2.05) is 31.2 Å². The molecule has 1 saturated heterocycles. The SMILES string of the molecule is COc1ccc(-c2nc(CN3CC[C@@H](N(C)C)C3)c(C)o2)c2ccccc12. The molecule has 0 radical (unpaired) electrons. The third-order valence-electron chi connectivity index (χ3n) is 5.58. The fraction of sp³-hybridized carbons (Fsp3) is 0.409. The van der Waals surface area contributed by atoms with Crippen molar-refractivity contribution in [2.24, 2.45) is 0 Å². The van der Waals surface area contributed by atoms with Gasteiger partial charge in [0.05, 0.1) is 12.8 Å². The maximum absolute atomic E-state index is 6.08. The van der Waals surface area contributed by atoms with Crippen molar-refractivity contribution in [3.63, 3.8) is 0 Å². The number of nitrogens with zero attached hydrogens (tertiary/aromatic N) is 3. The minimum atomic E-state index is 0.627. The van der Waals surface area contributed by atoms with Gasteiger partial charge in [0, 0.05) is 36.6 Å². The van der Waals surface area contributed by atoms with E-state index in [9.17, 15) is 0 Å². The van der Waals surface area contributed by atoms with Crippen LogP contribution in [0.4, 0.5) is 0 Å². The van der Waals surface area contributed by atoms with Gasteiger partial charge in [0.15, 0.2) is 0 Å². The molecule has 0 amide bonds. The highest BCUT2D eigenvalue weighted by atomic mass is 16.5. The molecule has 0 bridgehead atoms. The van der Waals surface area contributed by atoms with Gasteiger partial charge in [-0.2, -0.15) is 0 Å². The van der Waals surface area contributed by atoms with Gasteiger partial charge >= 0.3 is 0 Å². The fourth-order valence-electron chi connectivity index (χ4n) is 3.91. The first-order valence-corrected chi connectivity index (χ1v) is 9.48. The van der Waals surface area contributed by atoms with Gasteiger partial charge in [0.2, 0.25) is 5.89 Å². The van der Waals surface area contributed by atoms with E-state index in [1.165, 1.54) is 6.42 Å². The van der Waals surface area contributed by atoms with E-state index in [4.69, 9.17) is 14.1 Å². The summed E-state index contributed by atoms with van der Waals surface area (Å²) in [6.07, 6.45) is 1.21. The first-order valence-electron chi connectivity index (χ1n) is 9.48. The summed E-state index contributed by atoms with van der Waals surface area (Å²) in [6.45, 7) is 5.04. The van der Waals surface area contributed by atoms with Crippen LogP contribution in [-0.4, -0.2) is 55.1 Å². The fourth-order valence-corrected chi connectivity index (χ4v) is 3.91. The predicted octanol–water partition coefficient (Wildman–Crippen LogP) is 3.95. The Balaban J connectivity index is 1.63. The number of methoxy groups -OCH3 is 1. The van der Waals surface area contributed by atoms with Crippen LogP contribution in [0, 0.1) is 6.92 Å². The van der Waals surface area contributed by atoms with Crippen LogP contribution in [0.1, 0.15) is 17.9 Å². The predicted molar refractivity (Wildman–Crippen MR) is 108 cm³/mol. The van der Waals surface area contributed by atoms with Crippen LogP contribution in [0.25, 0.3) is 22.2 Å². The molecule has 27 heavy (non-hydrogen) atoms. The first-order chi connectivity index (χ1) is 13.1. The zero-order chi connectivity index (χ0) is 19.0. The number of benzene rings is 2. The number of likely N-dealkylation sites (N-methyl/N-ethyl adjacent to an activating group) is 1. The Morgan fingerprint density at radius 2 is 1.96 bits per heavy atom. The molecule has 2 heterocycles. The minimum absolute atomic E-state index is 0.627. The number of hydrogen-bond donors (Lipinski definition) is 0. The number of ether oxygens (including phenoxy) is 1. The number of oxazole rings is 1. The van der Waals surface area contributed by atoms with Crippen LogP contribution in [-0.2, 0) is 6.54 Å². The zero-order valence-electron chi connectivity index (χ0n) is 16.5. The van der Waals surface area contributed by atoms with Crippen molar-refractivity contribution < 1.29 is 9.15 Å². The number of aromatic nitrogens is 1. The monoisotopic (exact) mass is 365 g/mol. The Labute approximate surface area is 160 Å². The molecular weight excluding hydrogens is 338 g/mol. The lowest BCUT2D eigenvalue weighted by molar-refractivity contribution is 0.262. The van der Waals surface area contributed by atoms with E-state index in [-0.39, 0.29) is 0 Å². The number of likely N-dealkylation sites (tertiary alicyclic amines) is 1. The Hall–Kier alpha value is -2.37. The Morgan fingerprint density at radius 1 is 1.19 bits per heavy atom. The molecule has 5 heteroatoms. The van der Waals surface area contributed by atoms with Crippen molar-refractivity contribution in [3.8, 4) is 17.2 Å². The normalized spacial score (nSPS) is 17.9. The van der Waals surface area contributed by atoms with Crippen molar-refractivity contribution in [1.82, 2.24) is 14.8 Å². The standard InChI is InChI=1S/C22H27N3O2/c1-15-20(14-25-12-11-16(13-25)24(2)3)23-22(27-15)19-9-10-21(26-4)18-8-6-5-7-17(18)19/h5-10,16H,11-14H2,1-4H3/t16-/m1/s1. The Kier molecular flexibility index (Phi) is 4.89. The van der Waals surface area contributed by atoms with Crippen molar-refractivity contribution >= 4 is 10.8 Å². The average molecular weight is 365 g/mol. The van der Waals surface area contributed by atoms with Gasteiger partial charge in [-0.3, -0.25) is 4.90 Å². The van der Waals surface area contributed by atoms with Gasteiger partial charge in [-0.1, -0.05) is 24.3 Å². The van der Waals surface area contributed by atoms with E-state index in [0.29, 0.717) is 11.9 Å². The van der Waals surface area contributed by atoms with E-state index < -0.39 is 0 Å². The highest BCUT2D eigenvalue weighted by Gasteiger charge is 2.25. The van der Waals surface area contributed by atoms with Gasteiger partial charge in [0.1, 0.15) is 11.5 Å². The topological polar surface area (TPSA) is 41.7 Å². The molecule has 0 saturated carbocycles. The second-order valence-electron chi connectivity index (χ2n) is 7.52. The second kappa shape index (κ2) is 7.33. The summed E-state index contributed by atoms with van der Waals surface area (Å²) in [4.78, 5) is 9.63. The quantitative estimate of drug-likeness (QED) is 0.685. The largest absolute Gasteiger partial charge is 0.496 e. The molecule has 142 valence electrons. The summed E-state index contributed by atoms with van der Waals surface area (Å²) < 4.78 is 11.6. The smallest absolute Gasteiger partial charge is 0.227 e. The Bertz CT molecular complexity index is 948. The van der Waals surface area contributed by atoms with Crippen LogP contribution >= 0.6 is 0 Å². The van der Waals surface area contributed by atoms with Crippen LogP contribution < -0.4 is 4.74 Å². The van der Waals surface area contributed by atoms with Gasteiger partial charge in [-0.25, -0.2) is 4.98 Å². The number of aryl methyl sites for hydroxylation is 1. The Morgan fingerprint density at radius 3 is 2.67 bits per heavy atom. The molecule has 0 unspecified atom stereocenters. The van der Waals surface area contributed by atoms with Crippen LogP contribution in [0.2, 0.25) is 0 Å². The molecule has 4 rings (SSSR count). The van der Waals surface area contributed by atoms with Crippen molar-refractivity contribution in [1.29, 1.82) is 0 Å². The minimum Gasteiger partial charge on any atom is -0.496 e. The number of hydrogen-bond acceptors (Lipinski definition) is 5. The van der Waals surface area contributed by atoms with Crippen molar-refractivity contribution in [2.75, 3.05) is 34.3 Å². The van der Waals surface area contributed by atoms with E-state index in [2.05, 4.69) is 36.0 Å². The lowest BCUT2D eigenvalue weighted by Crippen LogP contribution is -2.31. The van der Waals surface area contributed by atoms with Gasteiger partial charge in [0.25, 0.3) is 0 Å². The molecule has 1 aliphatic heterocycles. The molecule has 1 atom stereocenters. The van der Waals surface area contributed by atoms with Gasteiger partial charge in [-0.05, 0) is 45.0 Å². The first kappa shape index (κ1) is 18.0. The second-order valence-corrected chi connectivity index (χ2v) is 7.52. The van der Waals surface area contributed by atoms with Crippen molar-refractivity contribution in [3.05, 3.63) is 47.9 Å². The molecule has 0 N–H and O–H groups in total. The van der Waals surface area contributed by atoms with E-state index in [1.54, 1.807) is 7.11 Å². The number of fused-ring (bicyclic) bond motifs is 1. The average Bonchev–Trinajstić information content (AvgIpc) is 3.28. The summed E-state index contributed by atoms with van der Waals surface area (Å²) in [5.41, 5.74) is 2.04. The molecule has 3 aromatic rings. The van der Waals surface area contributed by atoms with Gasteiger partial charge in [-0.15, -0.1) is 0 Å².